The van der Waals surface area contributed by atoms with Crippen LogP contribution in [0.4, 0.5) is 14.6 Å². The molecule has 0 saturated heterocycles. The molecule has 0 unspecified atom stereocenters. The van der Waals surface area contributed by atoms with Crippen LogP contribution in [0, 0.1) is 11.6 Å². The first-order valence-electron chi connectivity index (χ1n) is 11.2. The van der Waals surface area contributed by atoms with E-state index < -0.39 is 11.8 Å². The van der Waals surface area contributed by atoms with Gasteiger partial charge in [0.25, 0.3) is 0 Å². The van der Waals surface area contributed by atoms with Crippen molar-refractivity contribution >= 4 is 11.8 Å². The Balaban J connectivity index is 1.47. The third-order valence-corrected chi connectivity index (χ3v) is 5.70. The molecule has 0 bridgehead atoms. The van der Waals surface area contributed by atoms with Crippen molar-refractivity contribution in [3.8, 4) is 22.9 Å². The van der Waals surface area contributed by atoms with Gasteiger partial charge in [-0.25, -0.2) is 23.5 Å². The number of aromatic nitrogens is 5. The molecule has 186 valence electrons. The molecule has 5 aromatic rings. The zero-order valence-corrected chi connectivity index (χ0v) is 19.5. The molecule has 0 radical (unpaired) electrons. The summed E-state index contributed by atoms with van der Waals surface area (Å²) in [7, 11) is 1.66. The van der Waals surface area contributed by atoms with Crippen LogP contribution in [0.2, 0.25) is 0 Å². The highest BCUT2D eigenvalue weighted by Gasteiger charge is 2.19. The van der Waals surface area contributed by atoms with E-state index in [1.807, 2.05) is 0 Å². The summed E-state index contributed by atoms with van der Waals surface area (Å²) in [4.78, 5) is 21.2. The van der Waals surface area contributed by atoms with Gasteiger partial charge in [0.1, 0.15) is 23.5 Å². The summed E-state index contributed by atoms with van der Waals surface area (Å²) in [6.45, 7) is 0.397. The lowest BCUT2D eigenvalue weighted by Gasteiger charge is -2.19. The number of carboxylic acids is 1. The average molecular weight is 502 g/mol. The molecule has 0 atom stereocenters. The number of carboxylic acid groups (broad SMARTS) is 1. The van der Waals surface area contributed by atoms with Gasteiger partial charge in [-0.05, 0) is 29.8 Å². The fourth-order valence-corrected chi connectivity index (χ4v) is 3.84. The summed E-state index contributed by atoms with van der Waals surface area (Å²) < 4.78 is 35.6. The number of anilines is 1. The van der Waals surface area contributed by atoms with Gasteiger partial charge < -0.3 is 14.5 Å². The first-order chi connectivity index (χ1) is 17.9. The van der Waals surface area contributed by atoms with Crippen molar-refractivity contribution in [3.05, 3.63) is 101 Å². The highest BCUT2D eigenvalue weighted by molar-refractivity contribution is 5.87. The maximum Gasteiger partial charge on any atom is 0.335 e. The molecule has 0 spiro atoms. The van der Waals surface area contributed by atoms with E-state index in [-0.39, 0.29) is 36.1 Å². The Morgan fingerprint density at radius 3 is 2.54 bits per heavy atom. The summed E-state index contributed by atoms with van der Waals surface area (Å²) in [5.41, 5.74) is 2.74. The number of hydrogen-bond acceptors (Lipinski definition) is 7. The monoisotopic (exact) mass is 502 g/mol. The molecule has 2 aromatic carbocycles. The largest absolute Gasteiger partial charge is 0.478 e. The molecule has 5 rings (SSSR count). The smallest absolute Gasteiger partial charge is 0.335 e. The van der Waals surface area contributed by atoms with Gasteiger partial charge >= 0.3 is 5.97 Å². The van der Waals surface area contributed by atoms with Gasteiger partial charge in [0.05, 0.1) is 24.0 Å². The van der Waals surface area contributed by atoms with Crippen LogP contribution in [0.3, 0.4) is 0 Å². The van der Waals surface area contributed by atoms with E-state index in [4.69, 9.17) is 9.63 Å². The van der Waals surface area contributed by atoms with Gasteiger partial charge in [0, 0.05) is 25.2 Å². The molecule has 0 aliphatic carbocycles. The minimum absolute atomic E-state index is 0.0407. The fraction of sp³-hybridized carbons (Fsp3) is 0.115. The Bertz CT molecular complexity index is 1550. The lowest BCUT2D eigenvalue weighted by Crippen LogP contribution is -2.20. The van der Waals surface area contributed by atoms with Gasteiger partial charge in [0.2, 0.25) is 0 Å². The molecule has 0 fully saturated rings. The first-order valence-corrected chi connectivity index (χ1v) is 11.2. The zero-order chi connectivity index (χ0) is 25.9. The third kappa shape index (κ3) is 5.06. The van der Waals surface area contributed by atoms with Crippen molar-refractivity contribution in [2.45, 2.75) is 13.1 Å². The van der Waals surface area contributed by atoms with E-state index in [9.17, 15) is 13.6 Å². The van der Waals surface area contributed by atoms with Crippen molar-refractivity contribution in [3.63, 3.8) is 0 Å². The number of halogens is 2. The Morgan fingerprint density at radius 1 is 1.05 bits per heavy atom. The van der Waals surface area contributed by atoms with Gasteiger partial charge in [-0.3, -0.25) is 4.68 Å². The summed E-state index contributed by atoms with van der Waals surface area (Å²) >= 11 is 0. The second-order valence-electron chi connectivity index (χ2n) is 8.27. The van der Waals surface area contributed by atoms with Crippen LogP contribution in [0.15, 0.2) is 77.6 Å². The molecular formula is C26H20F2N6O3. The molecule has 37 heavy (non-hydrogen) atoms. The maximum atomic E-state index is 14.7. The second kappa shape index (κ2) is 9.97. The van der Waals surface area contributed by atoms with Crippen molar-refractivity contribution in [2.24, 2.45) is 0 Å². The van der Waals surface area contributed by atoms with Gasteiger partial charge in [-0.2, -0.15) is 5.10 Å². The lowest BCUT2D eigenvalue weighted by atomic mass is 10.1. The van der Waals surface area contributed by atoms with Crippen molar-refractivity contribution < 1.29 is 23.2 Å². The molecule has 11 heteroatoms. The quantitative estimate of drug-likeness (QED) is 0.326. The molecule has 0 amide bonds. The fourth-order valence-electron chi connectivity index (χ4n) is 3.84. The van der Waals surface area contributed by atoms with Crippen LogP contribution in [-0.2, 0) is 13.1 Å². The van der Waals surface area contributed by atoms with E-state index >= 15 is 0 Å². The minimum Gasteiger partial charge on any atom is -0.478 e. The maximum absolute atomic E-state index is 14.7. The van der Waals surface area contributed by atoms with Gasteiger partial charge in [-0.1, -0.05) is 35.5 Å². The van der Waals surface area contributed by atoms with Crippen molar-refractivity contribution in [1.29, 1.82) is 0 Å². The predicted octanol–water partition coefficient (Wildman–Crippen LogP) is 4.66. The van der Waals surface area contributed by atoms with Crippen molar-refractivity contribution in [2.75, 3.05) is 11.9 Å². The molecule has 0 aliphatic rings. The molecule has 1 N–H and O–H groups in total. The van der Waals surface area contributed by atoms with E-state index in [0.717, 1.165) is 11.8 Å². The number of rotatable bonds is 8. The lowest BCUT2D eigenvalue weighted by molar-refractivity contribution is 0.0697. The van der Waals surface area contributed by atoms with Crippen LogP contribution in [-0.4, -0.2) is 43.0 Å². The standard InChI is InChI=1S/C26H20F2N6O3/c1-33(14-16-6-8-17(9-7-16)26(35)36)25-20(28)13-29-24(30-25)22-12-23(21-10-11-37-32-21)34(31-22)15-18-4-2-3-5-19(18)27/h2-13H,14-15H2,1H3,(H,35,36). The Hall–Kier alpha value is -4.93. The van der Waals surface area contributed by atoms with Gasteiger partial charge in [0.15, 0.2) is 17.5 Å². The topological polar surface area (TPSA) is 110 Å². The van der Waals surface area contributed by atoms with Crippen molar-refractivity contribution in [1.82, 2.24) is 24.9 Å². The van der Waals surface area contributed by atoms with E-state index in [0.29, 0.717) is 22.6 Å². The highest BCUT2D eigenvalue weighted by atomic mass is 19.1. The van der Waals surface area contributed by atoms with E-state index in [1.165, 1.54) is 24.5 Å². The molecule has 3 aromatic heterocycles. The summed E-state index contributed by atoms with van der Waals surface area (Å²) in [6, 6.07) is 16.0. The number of hydrogen-bond donors (Lipinski definition) is 1. The molecule has 3 heterocycles. The number of carbonyl (C=O) groups is 1. The molecule has 0 saturated carbocycles. The van der Waals surface area contributed by atoms with Crippen LogP contribution in [0.1, 0.15) is 21.5 Å². The first kappa shape index (κ1) is 23.8. The predicted molar refractivity (Wildman–Crippen MR) is 130 cm³/mol. The Labute approximate surface area is 209 Å². The van der Waals surface area contributed by atoms with Crippen LogP contribution < -0.4 is 4.90 Å². The number of nitrogens with zero attached hydrogens (tertiary/aromatic N) is 6. The molecule has 9 nitrogen and oxygen atoms in total. The van der Waals surface area contributed by atoms with E-state index in [2.05, 4.69) is 20.2 Å². The summed E-state index contributed by atoms with van der Waals surface area (Å²) in [6.07, 6.45) is 2.48. The minimum atomic E-state index is -1.02. The third-order valence-electron chi connectivity index (χ3n) is 5.70. The second-order valence-corrected chi connectivity index (χ2v) is 8.27. The summed E-state index contributed by atoms with van der Waals surface area (Å²) in [5, 5.41) is 17.6. The SMILES string of the molecule is CN(Cc1ccc(C(=O)O)cc1)c1nc(-c2cc(-c3ccon3)n(Cc3ccccc3F)n2)ncc1F. The van der Waals surface area contributed by atoms with Crippen LogP contribution >= 0.6 is 0 Å². The molecular weight excluding hydrogens is 482 g/mol. The normalized spacial score (nSPS) is 11.0. The number of aromatic carboxylic acids is 1. The van der Waals surface area contributed by atoms with Crippen LogP contribution in [0.5, 0.6) is 0 Å². The van der Waals surface area contributed by atoms with Gasteiger partial charge in [-0.15, -0.1) is 0 Å². The highest BCUT2D eigenvalue weighted by Crippen LogP contribution is 2.27. The Kier molecular flexibility index (Phi) is 6.42. The average Bonchev–Trinajstić information content (AvgIpc) is 3.56. The Morgan fingerprint density at radius 2 is 1.84 bits per heavy atom. The number of benzene rings is 2. The van der Waals surface area contributed by atoms with Crippen LogP contribution in [0.25, 0.3) is 22.9 Å². The summed E-state index contributed by atoms with van der Waals surface area (Å²) in [5.74, 6) is -1.81. The van der Waals surface area contributed by atoms with E-state index in [1.54, 1.807) is 59.1 Å². The zero-order valence-electron chi connectivity index (χ0n) is 19.5. The molecule has 0 aliphatic heterocycles.